The van der Waals surface area contributed by atoms with E-state index in [4.69, 9.17) is 0 Å². The van der Waals surface area contributed by atoms with Crippen molar-refractivity contribution in [3.8, 4) is 11.1 Å². The lowest BCUT2D eigenvalue weighted by atomic mass is 10.1. The van der Waals surface area contributed by atoms with Gasteiger partial charge in [0.25, 0.3) is 0 Å². The number of aromatic nitrogens is 2. The molecule has 0 fully saturated rings. The number of pyridine rings is 2. The van der Waals surface area contributed by atoms with E-state index in [-0.39, 0.29) is 17.5 Å². The summed E-state index contributed by atoms with van der Waals surface area (Å²) in [5.41, 5.74) is 3.16. The van der Waals surface area contributed by atoms with Gasteiger partial charge in [-0.15, -0.1) is 0 Å². The summed E-state index contributed by atoms with van der Waals surface area (Å²) < 4.78 is 44.4. The second kappa shape index (κ2) is 8.27. The Morgan fingerprint density at radius 1 is 0.552 bits per heavy atom. The summed E-state index contributed by atoms with van der Waals surface area (Å²) in [6.07, 6.45) is 7.00. The summed E-state index contributed by atoms with van der Waals surface area (Å²) in [7, 11) is 0. The molecule has 4 aromatic rings. The molecule has 0 aliphatic carbocycles. The third kappa shape index (κ3) is 4.69. The van der Waals surface area contributed by atoms with E-state index in [0.717, 1.165) is 16.7 Å². The van der Waals surface area contributed by atoms with Crippen molar-refractivity contribution in [1.29, 1.82) is 0 Å². The van der Waals surface area contributed by atoms with Crippen LogP contribution in [0.2, 0.25) is 0 Å². The normalized spacial score (nSPS) is 10.9. The van der Waals surface area contributed by atoms with Crippen LogP contribution in [0.5, 0.6) is 0 Å². The number of hydrogen-bond donors (Lipinski definition) is 0. The molecule has 2 heterocycles. The summed E-state index contributed by atoms with van der Waals surface area (Å²) in [5, 5.41) is 0. The lowest BCUT2D eigenvalue weighted by Gasteiger charge is -2.04. The first-order valence-corrected chi connectivity index (χ1v) is 9.24. The quantitative estimate of drug-likeness (QED) is 0.444. The van der Waals surface area contributed by atoms with E-state index in [1.165, 1.54) is 30.5 Å². The topological polar surface area (TPSA) is 7.76 Å². The molecule has 0 bridgehead atoms. The van der Waals surface area contributed by atoms with Gasteiger partial charge in [0, 0.05) is 34.9 Å². The summed E-state index contributed by atoms with van der Waals surface area (Å²) in [6, 6.07) is 18.0. The van der Waals surface area contributed by atoms with Crippen molar-refractivity contribution < 1.29 is 22.3 Å². The number of nitrogens with zero attached hydrogens (tertiary/aromatic N) is 2. The highest BCUT2D eigenvalue weighted by Crippen LogP contribution is 2.20. The average molecular weight is 392 g/mol. The van der Waals surface area contributed by atoms with E-state index in [1.807, 2.05) is 29.1 Å². The molecule has 0 radical (unpaired) electrons. The third-order valence-corrected chi connectivity index (χ3v) is 4.73. The highest BCUT2D eigenvalue weighted by Gasteiger charge is 2.13. The highest BCUT2D eigenvalue weighted by molar-refractivity contribution is 5.61. The lowest BCUT2D eigenvalue weighted by Crippen LogP contribution is -2.34. The minimum atomic E-state index is -0.328. The van der Waals surface area contributed by atoms with Crippen LogP contribution < -0.4 is 9.13 Å². The van der Waals surface area contributed by atoms with Crippen molar-refractivity contribution in [2.24, 2.45) is 0 Å². The van der Waals surface area contributed by atoms with Gasteiger partial charge >= 0.3 is 0 Å². The van der Waals surface area contributed by atoms with Crippen LogP contribution in [0.1, 0.15) is 11.1 Å². The monoisotopic (exact) mass is 392 g/mol. The average Bonchev–Trinajstić information content (AvgIpc) is 2.72. The van der Waals surface area contributed by atoms with Crippen LogP contribution in [0, 0.1) is 17.5 Å². The molecule has 2 aromatic carbocycles. The van der Waals surface area contributed by atoms with Crippen LogP contribution in [-0.2, 0) is 13.1 Å². The zero-order chi connectivity index (χ0) is 20.2. The number of hydrogen-bond acceptors (Lipinski definition) is 0. The van der Waals surface area contributed by atoms with Gasteiger partial charge < -0.3 is 0 Å². The van der Waals surface area contributed by atoms with Crippen molar-refractivity contribution in [2.45, 2.75) is 13.1 Å². The Bertz CT molecular complexity index is 1110. The van der Waals surface area contributed by atoms with Crippen LogP contribution in [0.15, 0.2) is 91.5 Å². The maximum atomic E-state index is 14.7. The van der Waals surface area contributed by atoms with Gasteiger partial charge in [0.2, 0.25) is 6.20 Å². The smallest absolute Gasteiger partial charge is 0.205 e. The van der Waals surface area contributed by atoms with E-state index >= 15 is 0 Å². The summed E-state index contributed by atoms with van der Waals surface area (Å²) in [4.78, 5) is 0. The predicted octanol–water partition coefficient (Wildman–Crippen LogP) is 4.44. The Kier molecular flexibility index (Phi) is 5.38. The summed E-state index contributed by atoms with van der Waals surface area (Å²) in [5.74, 6) is -0.878. The van der Waals surface area contributed by atoms with E-state index in [9.17, 15) is 13.2 Å². The fourth-order valence-electron chi connectivity index (χ4n) is 3.18. The van der Waals surface area contributed by atoms with Crippen LogP contribution in [0.3, 0.4) is 0 Å². The van der Waals surface area contributed by atoms with Crippen molar-refractivity contribution in [2.75, 3.05) is 0 Å². The molecule has 0 aliphatic rings. The number of benzene rings is 2. The molecule has 0 saturated carbocycles. The molecule has 29 heavy (non-hydrogen) atoms. The maximum absolute atomic E-state index is 14.7. The van der Waals surface area contributed by atoms with Crippen LogP contribution in [0.4, 0.5) is 13.2 Å². The Hall–Kier alpha value is -3.47. The van der Waals surface area contributed by atoms with Gasteiger partial charge in [0.15, 0.2) is 37.5 Å². The fraction of sp³-hybridized carbons (Fsp3) is 0.0833. The maximum Gasteiger partial charge on any atom is 0.205 e. The number of rotatable bonds is 5. The molecule has 0 atom stereocenters. The van der Waals surface area contributed by atoms with E-state index in [1.54, 1.807) is 41.1 Å². The second-order valence-corrected chi connectivity index (χ2v) is 6.89. The first-order valence-electron chi connectivity index (χ1n) is 9.24. The molecule has 0 unspecified atom stereocenters. The Morgan fingerprint density at radius 3 is 1.55 bits per heavy atom. The highest BCUT2D eigenvalue weighted by atomic mass is 19.1. The van der Waals surface area contributed by atoms with E-state index in [2.05, 4.69) is 0 Å². The van der Waals surface area contributed by atoms with Gasteiger partial charge in [-0.25, -0.2) is 13.3 Å². The van der Waals surface area contributed by atoms with Crippen molar-refractivity contribution >= 4 is 0 Å². The van der Waals surface area contributed by atoms with E-state index < -0.39 is 0 Å². The van der Waals surface area contributed by atoms with Gasteiger partial charge in [0.1, 0.15) is 11.6 Å². The summed E-state index contributed by atoms with van der Waals surface area (Å²) in [6.45, 7) is 1.07. The summed E-state index contributed by atoms with van der Waals surface area (Å²) >= 11 is 0. The SMILES string of the molecule is Fc1ccc(C[n+]2ccc(-c3cc[n+](Cc4ccc(F)cc4)cc3F)cc2)cc1. The van der Waals surface area contributed by atoms with Crippen molar-refractivity contribution in [1.82, 2.24) is 0 Å². The van der Waals surface area contributed by atoms with Crippen LogP contribution in [0.25, 0.3) is 11.1 Å². The molecule has 2 aromatic heterocycles. The van der Waals surface area contributed by atoms with Gasteiger partial charge in [-0.2, -0.15) is 8.96 Å². The zero-order valence-corrected chi connectivity index (χ0v) is 15.6. The predicted molar refractivity (Wildman–Crippen MR) is 103 cm³/mol. The van der Waals surface area contributed by atoms with Crippen molar-refractivity contribution in [3.05, 3.63) is 120 Å². The van der Waals surface area contributed by atoms with Gasteiger partial charge in [0.05, 0.1) is 0 Å². The Balaban J connectivity index is 1.49. The molecule has 0 saturated heterocycles. The minimum absolute atomic E-state index is 0.259. The molecule has 5 heteroatoms. The zero-order valence-electron chi connectivity index (χ0n) is 15.6. The molecular formula is C24H19F3N2+2. The molecule has 0 amide bonds. The standard InChI is InChI=1S/C24H19F3N2/c25-21-5-1-18(2-6-21)15-28-12-9-20(10-13-28)23-11-14-29(17-24(23)27)16-19-3-7-22(26)8-4-19/h1-14,17H,15-16H2/q+2. The van der Waals surface area contributed by atoms with Gasteiger partial charge in [-0.3, -0.25) is 0 Å². The molecule has 2 nitrogen and oxygen atoms in total. The largest absolute Gasteiger partial charge is 0.207 e. The third-order valence-electron chi connectivity index (χ3n) is 4.73. The van der Waals surface area contributed by atoms with Crippen LogP contribution >= 0.6 is 0 Å². The van der Waals surface area contributed by atoms with Gasteiger partial charge in [-0.05, 0) is 54.1 Å². The minimum Gasteiger partial charge on any atom is -0.207 e. The molecule has 144 valence electrons. The molecular weight excluding hydrogens is 373 g/mol. The second-order valence-electron chi connectivity index (χ2n) is 6.89. The fourth-order valence-corrected chi connectivity index (χ4v) is 3.18. The van der Waals surface area contributed by atoms with Crippen molar-refractivity contribution in [3.63, 3.8) is 0 Å². The Labute approximate surface area is 167 Å². The molecule has 0 N–H and O–H groups in total. The number of halogens is 3. The van der Waals surface area contributed by atoms with Crippen LogP contribution in [-0.4, -0.2) is 0 Å². The van der Waals surface area contributed by atoms with Gasteiger partial charge in [-0.1, -0.05) is 0 Å². The lowest BCUT2D eigenvalue weighted by molar-refractivity contribution is -0.689. The Morgan fingerprint density at radius 2 is 1.03 bits per heavy atom. The molecule has 0 spiro atoms. The first kappa shape index (κ1) is 18.9. The molecule has 4 rings (SSSR count). The van der Waals surface area contributed by atoms with E-state index in [0.29, 0.717) is 18.7 Å². The molecule has 0 aliphatic heterocycles. The first-order chi connectivity index (χ1) is 14.1.